The van der Waals surface area contributed by atoms with Crippen molar-refractivity contribution in [3.05, 3.63) is 59.4 Å². The normalized spacial score (nSPS) is 20.6. The number of hydrogen-bond acceptors (Lipinski definition) is 4. The molecule has 146 valence electrons. The van der Waals surface area contributed by atoms with Crippen LogP contribution in [0.25, 0.3) is 0 Å². The molecule has 4 rings (SSSR count). The first-order valence-corrected chi connectivity index (χ1v) is 9.94. The fraction of sp³-hybridized carbons (Fsp3) is 0.381. The summed E-state index contributed by atoms with van der Waals surface area (Å²) in [6.07, 6.45) is 3.86. The number of nitrogens with zero attached hydrogens (tertiary/aromatic N) is 4. The quantitative estimate of drug-likeness (QED) is 0.793. The van der Waals surface area contributed by atoms with Crippen LogP contribution < -0.4 is 4.90 Å². The lowest BCUT2D eigenvalue weighted by Gasteiger charge is -2.35. The van der Waals surface area contributed by atoms with E-state index in [4.69, 9.17) is 11.6 Å². The van der Waals surface area contributed by atoms with Gasteiger partial charge in [-0.15, -0.1) is 0 Å². The van der Waals surface area contributed by atoms with Crippen molar-refractivity contribution in [3.8, 4) is 0 Å². The van der Waals surface area contributed by atoms with Crippen LogP contribution in [0.4, 0.5) is 5.69 Å². The van der Waals surface area contributed by atoms with Gasteiger partial charge in [0.1, 0.15) is 0 Å². The first-order chi connectivity index (χ1) is 13.6. The van der Waals surface area contributed by atoms with Crippen LogP contribution in [0, 0.1) is 5.92 Å². The Morgan fingerprint density at radius 2 is 1.79 bits per heavy atom. The lowest BCUT2D eigenvalue weighted by molar-refractivity contribution is -0.137. The Morgan fingerprint density at radius 3 is 2.50 bits per heavy atom. The molecule has 3 heterocycles. The van der Waals surface area contributed by atoms with Gasteiger partial charge < -0.3 is 9.80 Å². The molecule has 1 aromatic carbocycles. The smallest absolute Gasteiger partial charge is 0.228 e. The molecule has 0 aliphatic carbocycles. The molecule has 0 saturated carbocycles. The second kappa shape index (κ2) is 8.29. The van der Waals surface area contributed by atoms with Gasteiger partial charge in [0.2, 0.25) is 11.8 Å². The molecule has 1 aromatic heterocycles. The zero-order chi connectivity index (χ0) is 19.5. The van der Waals surface area contributed by atoms with Gasteiger partial charge in [0.05, 0.1) is 16.6 Å². The summed E-state index contributed by atoms with van der Waals surface area (Å²) < 4.78 is 0. The molecule has 2 amide bonds. The average molecular weight is 399 g/mol. The van der Waals surface area contributed by atoms with Gasteiger partial charge in [-0.25, -0.2) is 0 Å². The number of rotatable bonds is 4. The van der Waals surface area contributed by atoms with Crippen LogP contribution in [0.2, 0.25) is 5.02 Å². The number of aromatic nitrogens is 1. The number of benzene rings is 1. The predicted octanol–water partition coefficient (Wildman–Crippen LogP) is 2.43. The van der Waals surface area contributed by atoms with Crippen molar-refractivity contribution >= 4 is 29.1 Å². The topological polar surface area (TPSA) is 56.8 Å². The fourth-order valence-corrected chi connectivity index (χ4v) is 4.15. The molecule has 0 bridgehead atoms. The van der Waals surface area contributed by atoms with Crippen LogP contribution in [0.15, 0.2) is 48.8 Å². The Labute approximate surface area is 169 Å². The molecule has 2 saturated heterocycles. The van der Waals surface area contributed by atoms with Gasteiger partial charge >= 0.3 is 0 Å². The molecule has 6 nitrogen and oxygen atoms in total. The minimum atomic E-state index is -0.296. The van der Waals surface area contributed by atoms with Crippen LogP contribution in [-0.4, -0.2) is 59.3 Å². The van der Waals surface area contributed by atoms with E-state index in [2.05, 4.69) is 9.88 Å². The molecular formula is C21H23ClN4O2. The highest BCUT2D eigenvalue weighted by Crippen LogP contribution is 2.31. The van der Waals surface area contributed by atoms with Crippen LogP contribution >= 0.6 is 11.6 Å². The van der Waals surface area contributed by atoms with E-state index in [0.717, 1.165) is 19.6 Å². The highest BCUT2D eigenvalue weighted by Gasteiger charge is 2.38. The van der Waals surface area contributed by atoms with E-state index in [9.17, 15) is 9.59 Å². The van der Waals surface area contributed by atoms with Gasteiger partial charge in [-0.05, 0) is 29.8 Å². The largest absolute Gasteiger partial charge is 0.340 e. The van der Waals surface area contributed by atoms with Crippen LogP contribution in [0.1, 0.15) is 12.0 Å². The van der Waals surface area contributed by atoms with Gasteiger partial charge in [-0.3, -0.25) is 19.5 Å². The maximum absolute atomic E-state index is 13.0. The molecule has 28 heavy (non-hydrogen) atoms. The minimum Gasteiger partial charge on any atom is -0.340 e. The number of hydrogen-bond donors (Lipinski definition) is 0. The third-order valence-corrected chi connectivity index (χ3v) is 5.78. The molecule has 0 radical (unpaired) electrons. The van der Waals surface area contributed by atoms with Crippen molar-refractivity contribution in [2.45, 2.75) is 13.0 Å². The van der Waals surface area contributed by atoms with Gasteiger partial charge in [-0.2, -0.15) is 0 Å². The number of halogens is 1. The average Bonchev–Trinajstić information content (AvgIpc) is 3.11. The minimum absolute atomic E-state index is 0.0391. The Morgan fingerprint density at radius 1 is 1.07 bits per heavy atom. The summed E-state index contributed by atoms with van der Waals surface area (Å²) in [5, 5.41) is 0.536. The molecule has 2 aromatic rings. The number of carbonyl (C=O) groups is 2. The second-order valence-electron chi connectivity index (χ2n) is 7.31. The third kappa shape index (κ3) is 4.03. The fourth-order valence-electron chi connectivity index (χ4n) is 3.91. The molecule has 7 heteroatoms. The number of carbonyl (C=O) groups excluding carboxylic acids is 2. The van der Waals surface area contributed by atoms with E-state index in [1.165, 1.54) is 5.56 Å². The number of amides is 2. The monoisotopic (exact) mass is 398 g/mol. The first-order valence-electron chi connectivity index (χ1n) is 9.57. The lowest BCUT2D eigenvalue weighted by Crippen LogP contribution is -2.50. The van der Waals surface area contributed by atoms with E-state index in [1.54, 1.807) is 23.4 Å². The zero-order valence-corrected chi connectivity index (χ0v) is 16.4. The van der Waals surface area contributed by atoms with Crippen molar-refractivity contribution in [2.24, 2.45) is 5.92 Å². The van der Waals surface area contributed by atoms with Crippen molar-refractivity contribution < 1.29 is 9.59 Å². The summed E-state index contributed by atoms with van der Waals surface area (Å²) in [6.45, 7) is 4.33. The van der Waals surface area contributed by atoms with Gasteiger partial charge in [0.15, 0.2) is 0 Å². The van der Waals surface area contributed by atoms with Crippen molar-refractivity contribution in [3.63, 3.8) is 0 Å². The van der Waals surface area contributed by atoms with E-state index < -0.39 is 0 Å². The summed E-state index contributed by atoms with van der Waals surface area (Å²) >= 11 is 6.23. The molecule has 2 aliphatic heterocycles. The summed E-state index contributed by atoms with van der Waals surface area (Å²) in [7, 11) is 0. The van der Waals surface area contributed by atoms with Gasteiger partial charge in [0, 0.05) is 58.1 Å². The first kappa shape index (κ1) is 18.9. The standard InChI is InChI=1S/C21H23ClN4O2/c22-18-3-1-2-4-19(18)26-15-17(13-20(26)27)21(28)25-11-9-24(10-12-25)14-16-5-7-23-8-6-16/h1-8,17H,9-15H2. The number of pyridine rings is 1. The Hall–Kier alpha value is -2.44. The molecular weight excluding hydrogens is 376 g/mol. The van der Waals surface area contributed by atoms with Gasteiger partial charge in [-0.1, -0.05) is 23.7 Å². The molecule has 1 unspecified atom stereocenters. The van der Waals surface area contributed by atoms with Crippen molar-refractivity contribution in [2.75, 3.05) is 37.6 Å². The SMILES string of the molecule is O=C(C1CC(=O)N(c2ccccc2Cl)C1)N1CCN(Cc2ccncc2)CC1. The summed E-state index contributed by atoms with van der Waals surface area (Å²) in [5.41, 5.74) is 1.91. The highest BCUT2D eigenvalue weighted by atomic mass is 35.5. The summed E-state index contributed by atoms with van der Waals surface area (Å²) in [6, 6.07) is 11.3. The maximum Gasteiger partial charge on any atom is 0.228 e. The molecule has 1 atom stereocenters. The Kier molecular flexibility index (Phi) is 5.59. The number of piperazine rings is 1. The van der Waals surface area contributed by atoms with E-state index in [0.29, 0.717) is 30.3 Å². The Balaban J connectivity index is 1.33. The third-order valence-electron chi connectivity index (χ3n) is 5.46. The molecule has 2 fully saturated rings. The van der Waals surface area contributed by atoms with E-state index in [1.807, 2.05) is 35.2 Å². The molecule has 0 N–H and O–H groups in total. The van der Waals surface area contributed by atoms with E-state index in [-0.39, 0.29) is 24.2 Å². The van der Waals surface area contributed by atoms with Gasteiger partial charge in [0.25, 0.3) is 0 Å². The van der Waals surface area contributed by atoms with Crippen molar-refractivity contribution in [1.29, 1.82) is 0 Å². The van der Waals surface area contributed by atoms with Crippen LogP contribution in [-0.2, 0) is 16.1 Å². The maximum atomic E-state index is 13.0. The summed E-state index contributed by atoms with van der Waals surface area (Å²) in [5.74, 6) is -0.259. The second-order valence-corrected chi connectivity index (χ2v) is 7.72. The predicted molar refractivity (Wildman–Crippen MR) is 108 cm³/mol. The van der Waals surface area contributed by atoms with Crippen LogP contribution in [0.5, 0.6) is 0 Å². The van der Waals surface area contributed by atoms with Crippen LogP contribution in [0.3, 0.4) is 0 Å². The van der Waals surface area contributed by atoms with Crippen molar-refractivity contribution in [1.82, 2.24) is 14.8 Å². The van der Waals surface area contributed by atoms with E-state index >= 15 is 0 Å². The number of para-hydroxylation sites is 1. The Bertz CT molecular complexity index is 852. The lowest BCUT2D eigenvalue weighted by atomic mass is 10.1. The molecule has 0 spiro atoms. The number of anilines is 1. The molecule has 2 aliphatic rings. The highest BCUT2D eigenvalue weighted by molar-refractivity contribution is 6.33. The summed E-state index contributed by atoms with van der Waals surface area (Å²) in [4.78, 5) is 35.4. The zero-order valence-electron chi connectivity index (χ0n) is 15.6.